The summed E-state index contributed by atoms with van der Waals surface area (Å²) < 4.78 is 282. The van der Waals surface area contributed by atoms with Gasteiger partial charge in [-0.2, -0.15) is 0 Å². The number of hydrogen-bond acceptors (Lipinski definition) is 2. The molecule has 1 aromatic heterocycles. The fourth-order valence-electron chi connectivity index (χ4n) is 4.90. The summed E-state index contributed by atoms with van der Waals surface area (Å²) in [5.74, 6) is 0. The van der Waals surface area contributed by atoms with Gasteiger partial charge in [-0.3, -0.25) is 0 Å². The van der Waals surface area contributed by atoms with Crippen molar-refractivity contribution in [1.29, 1.82) is 0 Å². The Morgan fingerprint density at radius 3 is 1.38 bits per heavy atom. The third kappa shape index (κ3) is 4.92. The smallest absolute Gasteiger partial charge is 0.143 e. The normalized spacial score (nSPS) is 20.4. The minimum atomic E-state index is -1.27. The highest BCUT2D eigenvalue weighted by Gasteiger charge is 2.18. The number of hydrogen-bond donors (Lipinski definition) is 0. The fraction of sp³-hybridized carbons (Fsp3) is 0. The molecule has 0 saturated carbocycles. The van der Waals surface area contributed by atoms with Gasteiger partial charge in [0.2, 0.25) is 0 Å². The molecule has 0 N–H and O–H groups in total. The SMILES string of the molecule is [2H]c1c([2H])c([2H])c(-c2c([2H])c([2H])c(N(c3c([2H])c([2H])c(-c4c([2H])c([2H])c([2H])c([2H])c4[2H])c([2H])c3[2H])c3c([2H])c([2H])c4oc5c6c([2H])c([2H])c([2H])c([2H])c6c(-c6c([2H])c([2H])c([2H])c([2H])c6[2H])c([2H])c5c4c3[2H])c([2H])c2[2H])c([2H])c1[2H]. The lowest BCUT2D eigenvalue weighted by atomic mass is 9.95. The zero-order chi connectivity index (χ0) is 58.8. The van der Waals surface area contributed by atoms with Gasteiger partial charge in [0.1, 0.15) is 11.2 Å². The van der Waals surface area contributed by atoms with Gasteiger partial charge < -0.3 is 9.32 Å². The molecular weight excluding hydrogens is 583 g/mol. The van der Waals surface area contributed by atoms with E-state index in [1.165, 1.54) is 0 Å². The molecule has 1 heterocycles. The topological polar surface area (TPSA) is 16.4 Å². The first-order valence-corrected chi connectivity index (χ1v) is 13.8. The van der Waals surface area contributed by atoms with Crippen molar-refractivity contribution in [3.8, 4) is 33.4 Å². The largest absolute Gasteiger partial charge is 0.455 e. The molecule has 226 valence electrons. The van der Waals surface area contributed by atoms with Gasteiger partial charge in [0.15, 0.2) is 0 Å². The summed E-state index contributed by atoms with van der Waals surface area (Å²) in [5, 5.41) is -2.70. The maximum Gasteiger partial charge on any atom is 0.143 e. The summed E-state index contributed by atoms with van der Waals surface area (Å²) in [4.78, 5) is 0.327. The molecule has 0 aliphatic heterocycles. The van der Waals surface area contributed by atoms with Gasteiger partial charge in [0.05, 0.1) is 42.5 Å². The van der Waals surface area contributed by atoms with Crippen LogP contribution < -0.4 is 4.90 Å². The second kappa shape index (κ2) is 11.8. The highest BCUT2D eigenvalue weighted by molar-refractivity contribution is 6.19. The van der Waals surface area contributed by atoms with Crippen LogP contribution in [0.1, 0.15) is 42.5 Å². The quantitative estimate of drug-likeness (QED) is 0.179. The Labute approximate surface area is 323 Å². The van der Waals surface area contributed by atoms with Crippen molar-refractivity contribution >= 4 is 49.8 Å². The van der Waals surface area contributed by atoms with Crippen LogP contribution in [0.15, 0.2) is 192 Å². The van der Waals surface area contributed by atoms with Crippen LogP contribution in [0, 0.1) is 0 Å². The minimum Gasteiger partial charge on any atom is -0.455 e. The van der Waals surface area contributed by atoms with Crippen molar-refractivity contribution in [3.05, 3.63) is 187 Å². The first kappa shape index (κ1) is 10.6. The Hall–Kier alpha value is -6.38. The Bertz CT molecular complexity index is 4060. The van der Waals surface area contributed by atoms with Crippen molar-refractivity contribution in [1.82, 2.24) is 0 Å². The molecule has 0 bridgehead atoms. The molecule has 9 rings (SSSR count). The van der Waals surface area contributed by atoms with E-state index < -0.39 is 270 Å². The lowest BCUT2D eigenvalue weighted by Gasteiger charge is -2.26. The number of fused-ring (bicyclic) bond motifs is 5. The van der Waals surface area contributed by atoms with Crippen molar-refractivity contribution in [3.63, 3.8) is 0 Å². The molecular formula is C46H31NO. The van der Waals surface area contributed by atoms with E-state index in [9.17, 15) is 16.4 Å². The average Bonchev–Trinajstić information content (AvgIpc) is 4.09. The number of furan rings is 1. The van der Waals surface area contributed by atoms with Crippen LogP contribution in [-0.4, -0.2) is 0 Å². The summed E-state index contributed by atoms with van der Waals surface area (Å²) in [6, 6.07) is -32.1. The van der Waals surface area contributed by atoms with Gasteiger partial charge in [-0.15, -0.1) is 0 Å². The van der Waals surface area contributed by atoms with Crippen molar-refractivity contribution in [2.45, 2.75) is 0 Å². The van der Waals surface area contributed by atoms with Crippen LogP contribution >= 0.6 is 0 Å². The van der Waals surface area contributed by atoms with E-state index in [1.54, 1.807) is 0 Å². The van der Waals surface area contributed by atoms with Crippen molar-refractivity contribution < 1.29 is 46.9 Å². The molecule has 0 unspecified atom stereocenters. The van der Waals surface area contributed by atoms with E-state index in [0.29, 0.717) is 4.90 Å². The van der Waals surface area contributed by atoms with Crippen molar-refractivity contribution in [2.24, 2.45) is 0 Å². The summed E-state index contributed by atoms with van der Waals surface area (Å²) in [6.45, 7) is 0. The van der Waals surface area contributed by atoms with Crippen molar-refractivity contribution in [2.75, 3.05) is 4.90 Å². The molecule has 0 amide bonds. The van der Waals surface area contributed by atoms with E-state index in [0.717, 1.165) is 0 Å². The average molecular weight is 645 g/mol. The van der Waals surface area contributed by atoms with Crippen LogP contribution in [0.2, 0.25) is 0 Å². The molecule has 0 aliphatic carbocycles. The third-order valence-electron chi connectivity index (χ3n) is 7.01. The number of benzene rings is 8. The molecule has 0 fully saturated rings. The summed E-state index contributed by atoms with van der Waals surface area (Å²) in [7, 11) is 0. The monoisotopic (exact) mass is 644 g/mol. The Morgan fingerprint density at radius 2 is 0.812 bits per heavy atom. The molecule has 2 heteroatoms. The highest BCUT2D eigenvalue weighted by atomic mass is 16.3. The lowest BCUT2D eigenvalue weighted by Crippen LogP contribution is -2.09. The molecule has 0 aliphatic rings. The van der Waals surface area contributed by atoms with Gasteiger partial charge in [0.25, 0.3) is 0 Å². The molecule has 9 aromatic rings. The molecule has 0 radical (unpaired) electrons. The van der Waals surface area contributed by atoms with Crippen LogP contribution in [0.5, 0.6) is 0 Å². The zero-order valence-electron chi connectivity index (χ0n) is 54.9. The maximum atomic E-state index is 9.99. The minimum absolute atomic E-state index is 0.327. The second-order valence-corrected chi connectivity index (χ2v) is 9.77. The number of nitrogens with zero attached hydrogens (tertiary/aromatic N) is 1. The van der Waals surface area contributed by atoms with Crippen LogP contribution in [-0.2, 0) is 0 Å². The number of rotatable bonds is 6. The maximum absolute atomic E-state index is 9.99. The summed E-state index contributed by atoms with van der Waals surface area (Å²) >= 11 is 0. The van der Waals surface area contributed by atoms with Gasteiger partial charge in [-0.25, -0.2) is 0 Å². The van der Waals surface area contributed by atoms with Crippen LogP contribution in [0.4, 0.5) is 17.1 Å². The second-order valence-electron chi connectivity index (χ2n) is 9.77. The first-order chi connectivity index (χ1) is 36.7. The van der Waals surface area contributed by atoms with Gasteiger partial charge in [-0.1, -0.05) is 139 Å². The Balaban J connectivity index is 1.53. The highest BCUT2D eigenvalue weighted by Crippen LogP contribution is 2.43. The molecule has 0 atom stereocenters. The zero-order valence-corrected chi connectivity index (χ0v) is 23.9. The Morgan fingerprint density at radius 1 is 0.354 bits per heavy atom. The molecule has 0 saturated heterocycles. The van der Waals surface area contributed by atoms with E-state index in [-0.39, 0.29) is 0 Å². The van der Waals surface area contributed by atoms with Crippen LogP contribution in [0.3, 0.4) is 0 Å². The molecule has 48 heavy (non-hydrogen) atoms. The molecule has 0 spiro atoms. The van der Waals surface area contributed by atoms with Gasteiger partial charge in [0, 0.05) is 33.2 Å². The summed E-state index contributed by atoms with van der Waals surface area (Å²) in [5.41, 5.74) is -9.95. The Kier molecular flexibility index (Phi) is 2.59. The van der Waals surface area contributed by atoms with Gasteiger partial charge >= 0.3 is 0 Å². The molecule has 2 nitrogen and oxygen atoms in total. The number of anilines is 3. The first-order valence-electron chi connectivity index (χ1n) is 29.3. The summed E-state index contributed by atoms with van der Waals surface area (Å²) in [6.07, 6.45) is 0. The predicted molar refractivity (Wildman–Crippen MR) is 202 cm³/mol. The predicted octanol–water partition coefficient (Wildman–Crippen LogP) is 13.2. The van der Waals surface area contributed by atoms with Crippen LogP contribution in [0.25, 0.3) is 66.1 Å². The van der Waals surface area contributed by atoms with Gasteiger partial charge in [-0.05, 0) is 87.1 Å². The molecule has 8 aromatic carbocycles. The lowest BCUT2D eigenvalue weighted by molar-refractivity contribution is 0.672. The van der Waals surface area contributed by atoms with E-state index in [2.05, 4.69) is 0 Å². The van der Waals surface area contributed by atoms with E-state index in [4.69, 9.17) is 30.5 Å². The standard InChI is InChI=1S/C46H31NO/c1-4-12-32(13-5-1)34-20-24-37(25-21-34)47(38-26-22-35(23-27-38)33-14-6-2-7-15-33)39-28-29-45-43(30-39)44-31-42(36-16-8-3-9-17-36)40-18-10-11-19-41(40)46(44)48-45/h1-31H/i1D,2D,3D,4D,5D,6D,7D,8D,9D,10D,11D,12D,13D,14D,15D,16D,17D,18D,19D,20D,21D,22D,23D,24D,25D,26D,27D,28D,29D,30D,31D. The fourth-order valence-corrected chi connectivity index (χ4v) is 4.90. The third-order valence-corrected chi connectivity index (χ3v) is 7.01. The van der Waals surface area contributed by atoms with E-state index in [1.807, 2.05) is 0 Å². The van der Waals surface area contributed by atoms with E-state index >= 15 is 0 Å².